The lowest BCUT2D eigenvalue weighted by Gasteiger charge is -2.25. The van der Waals surface area contributed by atoms with Gasteiger partial charge in [-0.25, -0.2) is 8.42 Å². The molecule has 3 aromatic carbocycles. The first-order chi connectivity index (χ1) is 13.2. The van der Waals surface area contributed by atoms with Gasteiger partial charge in [0.15, 0.2) is 0 Å². The lowest BCUT2D eigenvalue weighted by molar-refractivity contribution is 0.100. The molecule has 0 spiro atoms. The molecule has 0 atom stereocenters. The Labute approximate surface area is 174 Å². The number of amides is 1. The zero-order valence-corrected chi connectivity index (χ0v) is 17.5. The molecule has 0 aliphatic carbocycles. The quantitative estimate of drug-likeness (QED) is 0.534. The first-order valence-corrected chi connectivity index (χ1v) is 10.6. The molecule has 0 N–H and O–H groups in total. The third-order valence-corrected chi connectivity index (χ3v) is 6.39. The normalized spacial score (nSPS) is 11.3. The number of halogens is 2. The third kappa shape index (κ3) is 4.07. The second-order valence-corrected chi connectivity index (χ2v) is 8.99. The van der Waals surface area contributed by atoms with Gasteiger partial charge in [-0.2, -0.15) is 4.31 Å². The molecule has 1 amide bonds. The summed E-state index contributed by atoms with van der Waals surface area (Å²) >= 11 is 11.9. The minimum atomic E-state index is -4.19. The van der Waals surface area contributed by atoms with E-state index in [4.69, 9.17) is 23.2 Å². The van der Waals surface area contributed by atoms with Crippen LogP contribution in [-0.2, 0) is 10.0 Å². The van der Waals surface area contributed by atoms with Crippen LogP contribution in [0.25, 0.3) is 0 Å². The zero-order valence-electron chi connectivity index (χ0n) is 15.2. The maximum Gasteiger partial charge on any atom is 0.272 e. The summed E-state index contributed by atoms with van der Waals surface area (Å²) in [7, 11) is -4.19. The first kappa shape index (κ1) is 20.4. The Bertz CT molecular complexity index is 1140. The summed E-state index contributed by atoms with van der Waals surface area (Å²) in [5, 5.41) is 0.744. The molecule has 0 heterocycles. The molecule has 0 bridgehead atoms. The summed E-state index contributed by atoms with van der Waals surface area (Å²) < 4.78 is 27.7. The number of benzene rings is 3. The monoisotopic (exact) mass is 433 g/mol. The van der Waals surface area contributed by atoms with Crippen molar-refractivity contribution in [1.29, 1.82) is 0 Å². The topological polar surface area (TPSA) is 54.5 Å². The number of nitrogens with zero attached hydrogens (tertiary/aromatic N) is 1. The lowest BCUT2D eigenvalue weighted by Crippen LogP contribution is -2.37. The summed E-state index contributed by atoms with van der Waals surface area (Å²) in [6.07, 6.45) is 0. The largest absolute Gasteiger partial charge is 0.272 e. The molecule has 0 fully saturated rings. The highest BCUT2D eigenvalue weighted by molar-refractivity contribution is 7.93. The van der Waals surface area contributed by atoms with Crippen molar-refractivity contribution < 1.29 is 13.2 Å². The summed E-state index contributed by atoms with van der Waals surface area (Å²) in [5.74, 6) is -0.689. The Kier molecular flexibility index (Phi) is 5.79. The SMILES string of the molecule is Cc1ccc(C)c(N(C(=O)c2cccc(Cl)c2)S(=O)(=O)c2ccc(Cl)cc2)c1. The molecular weight excluding hydrogens is 417 g/mol. The average Bonchev–Trinajstić information content (AvgIpc) is 2.65. The summed E-state index contributed by atoms with van der Waals surface area (Å²) in [6, 6.07) is 17.2. The highest BCUT2D eigenvalue weighted by atomic mass is 35.5. The van der Waals surface area contributed by atoms with E-state index in [1.54, 1.807) is 31.2 Å². The van der Waals surface area contributed by atoms with E-state index in [0.717, 1.165) is 9.87 Å². The number of sulfonamides is 1. The van der Waals surface area contributed by atoms with Gasteiger partial charge < -0.3 is 0 Å². The molecule has 3 rings (SSSR count). The fourth-order valence-electron chi connectivity index (χ4n) is 2.74. The molecule has 0 unspecified atom stereocenters. The first-order valence-electron chi connectivity index (χ1n) is 8.38. The number of hydrogen-bond acceptors (Lipinski definition) is 3. The van der Waals surface area contributed by atoms with Crippen LogP contribution in [-0.4, -0.2) is 14.3 Å². The molecule has 7 heteroatoms. The molecule has 0 aliphatic heterocycles. The summed E-state index contributed by atoms with van der Waals surface area (Å²) in [6.45, 7) is 3.59. The van der Waals surface area contributed by atoms with Crippen molar-refractivity contribution in [2.45, 2.75) is 18.7 Å². The lowest BCUT2D eigenvalue weighted by atomic mass is 10.1. The smallest absolute Gasteiger partial charge is 0.268 e. The standard InChI is InChI=1S/C21H17Cl2NO3S/c1-14-6-7-15(2)20(12-14)24(21(25)16-4-3-5-18(23)13-16)28(26,27)19-10-8-17(22)9-11-19/h3-13H,1-2H3. The third-order valence-electron chi connectivity index (χ3n) is 4.19. The van der Waals surface area contributed by atoms with Crippen molar-refractivity contribution in [2.75, 3.05) is 4.31 Å². The van der Waals surface area contributed by atoms with Crippen molar-refractivity contribution in [3.63, 3.8) is 0 Å². The Balaban J connectivity index is 2.24. The molecule has 0 aromatic heterocycles. The van der Waals surface area contributed by atoms with Gasteiger partial charge in [-0.1, -0.05) is 41.4 Å². The molecule has 3 aromatic rings. The number of hydrogen-bond donors (Lipinski definition) is 0. The van der Waals surface area contributed by atoms with Crippen LogP contribution < -0.4 is 4.31 Å². The van der Waals surface area contributed by atoms with Crippen LogP contribution in [0, 0.1) is 13.8 Å². The van der Waals surface area contributed by atoms with Crippen molar-refractivity contribution in [3.05, 3.63) is 93.5 Å². The van der Waals surface area contributed by atoms with Gasteiger partial charge in [-0.3, -0.25) is 4.79 Å². The van der Waals surface area contributed by atoms with E-state index in [1.807, 2.05) is 13.0 Å². The van der Waals surface area contributed by atoms with Crippen LogP contribution in [0.1, 0.15) is 21.5 Å². The highest BCUT2D eigenvalue weighted by Crippen LogP contribution is 2.30. The number of anilines is 1. The zero-order chi connectivity index (χ0) is 20.5. The van der Waals surface area contributed by atoms with E-state index in [2.05, 4.69) is 0 Å². The Morgan fingerprint density at radius 2 is 1.54 bits per heavy atom. The number of rotatable bonds is 4. The maximum absolute atomic E-state index is 13.4. The highest BCUT2D eigenvalue weighted by Gasteiger charge is 2.33. The van der Waals surface area contributed by atoms with Gasteiger partial charge in [0, 0.05) is 15.6 Å². The van der Waals surface area contributed by atoms with E-state index in [-0.39, 0.29) is 10.5 Å². The molecular formula is C21H17Cl2NO3S. The van der Waals surface area contributed by atoms with Crippen LogP contribution in [0.5, 0.6) is 0 Å². The minimum absolute atomic E-state index is 0.0341. The predicted octanol–water partition coefficient (Wildman–Crippen LogP) is 5.65. The molecule has 0 saturated heterocycles. The Hall–Kier alpha value is -2.34. The molecule has 28 heavy (non-hydrogen) atoms. The molecule has 0 saturated carbocycles. The summed E-state index contributed by atoms with van der Waals surface area (Å²) in [5.41, 5.74) is 1.94. The maximum atomic E-state index is 13.4. The van der Waals surface area contributed by atoms with Gasteiger partial charge in [0.1, 0.15) is 0 Å². The van der Waals surface area contributed by atoms with E-state index >= 15 is 0 Å². The van der Waals surface area contributed by atoms with E-state index in [1.165, 1.54) is 36.4 Å². The Morgan fingerprint density at radius 3 is 2.18 bits per heavy atom. The Morgan fingerprint density at radius 1 is 0.857 bits per heavy atom. The fraction of sp³-hybridized carbons (Fsp3) is 0.0952. The van der Waals surface area contributed by atoms with Crippen molar-refractivity contribution >= 4 is 44.8 Å². The number of carbonyl (C=O) groups excluding carboxylic acids is 1. The van der Waals surface area contributed by atoms with Crippen molar-refractivity contribution in [1.82, 2.24) is 0 Å². The van der Waals surface area contributed by atoms with Gasteiger partial charge in [0.2, 0.25) is 0 Å². The van der Waals surface area contributed by atoms with Gasteiger partial charge in [0.25, 0.3) is 15.9 Å². The van der Waals surface area contributed by atoms with Gasteiger partial charge >= 0.3 is 0 Å². The number of aryl methyl sites for hydroxylation is 2. The van der Waals surface area contributed by atoms with Crippen LogP contribution in [0.4, 0.5) is 5.69 Å². The van der Waals surface area contributed by atoms with E-state index in [0.29, 0.717) is 21.3 Å². The van der Waals surface area contributed by atoms with Crippen molar-refractivity contribution in [2.24, 2.45) is 0 Å². The molecule has 4 nitrogen and oxygen atoms in total. The summed E-state index contributed by atoms with van der Waals surface area (Å²) in [4.78, 5) is 13.3. The average molecular weight is 434 g/mol. The van der Waals surface area contributed by atoms with Gasteiger partial charge in [-0.15, -0.1) is 0 Å². The predicted molar refractivity (Wildman–Crippen MR) is 113 cm³/mol. The van der Waals surface area contributed by atoms with Crippen LogP contribution in [0.2, 0.25) is 10.0 Å². The van der Waals surface area contributed by atoms with Crippen LogP contribution >= 0.6 is 23.2 Å². The molecule has 0 radical (unpaired) electrons. The van der Waals surface area contributed by atoms with Crippen LogP contribution in [0.15, 0.2) is 71.6 Å². The van der Waals surface area contributed by atoms with Gasteiger partial charge in [0.05, 0.1) is 10.6 Å². The second-order valence-electron chi connectivity index (χ2n) is 6.33. The minimum Gasteiger partial charge on any atom is -0.268 e. The van der Waals surface area contributed by atoms with E-state index in [9.17, 15) is 13.2 Å². The fourth-order valence-corrected chi connectivity index (χ4v) is 4.52. The van der Waals surface area contributed by atoms with Crippen molar-refractivity contribution in [3.8, 4) is 0 Å². The number of carbonyl (C=O) groups is 1. The second kappa shape index (κ2) is 7.95. The van der Waals surface area contributed by atoms with Crippen LogP contribution in [0.3, 0.4) is 0 Å². The molecule has 0 aliphatic rings. The molecule has 144 valence electrons. The van der Waals surface area contributed by atoms with E-state index < -0.39 is 15.9 Å². The van der Waals surface area contributed by atoms with Gasteiger partial charge in [-0.05, 0) is 73.5 Å².